The van der Waals surface area contributed by atoms with Crippen molar-refractivity contribution in [1.82, 2.24) is 15.0 Å². The maximum Gasteiger partial charge on any atom is 0.276 e. The number of methoxy groups -OCH3 is 1. The standard InChI is InChI=1S/C19H22ClN3O4/c1-25-14-4-5-18(16(20)9-14)26-12-15-10-17(21-27-15)19(24)23-8-7-22-6-2-3-13(22)11-23/h4-5,9-10,13H,2-3,6-8,11-12H2,1H3/t13-/m0/s1. The van der Waals surface area contributed by atoms with Gasteiger partial charge in [0.1, 0.15) is 18.1 Å². The minimum absolute atomic E-state index is 0.0842. The molecule has 2 saturated heterocycles. The zero-order valence-electron chi connectivity index (χ0n) is 15.2. The Balaban J connectivity index is 1.36. The van der Waals surface area contributed by atoms with Gasteiger partial charge in [-0.3, -0.25) is 9.69 Å². The van der Waals surface area contributed by atoms with Crippen LogP contribution >= 0.6 is 11.6 Å². The molecule has 2 aliphatic heterocycles. The van der Waals surface area contributed by atoms with Gasteiger partial charge < -0.3 is 18.9 Å². The van der Waals surface area contributed by atoms with E-state index in [4.69, 9.17) is 25.6 Å². The molecule has 0 spiro atoms. The van der Waals surface area contributed by atoms with E-state index in [-0.39, 0.29) is 12.5 Å². The van der Waals surface area contributed by atoms with E-state index in [0.29, 0.717) is 34.0 Å². The molecule has 2 fully saturated rings. The van der Waals surface area contributed by atoms with Crippen LogP contribution < -0.4 is 9.47 Å². The van der Waals surface area contributed by atoms with Crippen LogP contribution in [0.2, 0.25) is 5.02 Å². The van der Waals surface area contributed by atoms with Gasteiger partial charge in [0.15, 0.2) is 11.5 Å². The quantitative estimate of drug-likeness (QED) is 0.780. The number of carbonyl (C=O) groups excluding carboxylic acids is 1. The van der Waals surface area contributed by atoms with Crippen molar-refractivity contribution >= 4 is 17.5 Å². The van der Waals surface area contributed by atoms with Crippen LogP contribution in [0.25, 0.3) is 0 Å². The summed E-state index contributed by atoms with van der Waals surface area (Å²) in [4.78, 5) is 17.0. The van der Waals surface area contributed by atoms with Crippen LogP contribution in [0.1, 0.15) is 29.1 Å². The lowest BCUT2D eigenvalue weighted by atomic mass is 10.1. The Hall–Kier alpha value is -2.25. The van der Waals surface area contributed by atoms with E-state index in [1.54, 1.807) is 31.4 Å². The second kappa shape index (κ2) is 7.78. The first-order valence-electron chi connectivity index (χ1n) is 9.09. The van der Waals surface area contributed by atoms with Crippen LogP contribution in [-0.4, -0.2) is 60.2 Å². The molecule has 0 bridgehead atoms. The van der Waals surface area contributed by atoms with E-state index in [9.17, 15) is 4.79 Å². The number of hydrogen-bond acceptors (Lipinski definition) is 6. The Labute approximate surface area is 162 Å². The summed E-state index contributed by atoms with van der Waals surface area (Å²) in [5, 5.41) is 4.37. The number of nitrogens with zero attached hydrogens (tertiary/aromatic N) is 3. The minimum atomic E-state index is -0.0842. The molecule has 0 N–H and O–H groups in total. The zero-order chi connectivity index (χ0) is 18.8. The van der Waals surface area contributed by atoms with Gasteiger partial charge in [0, 0.05) is 37.8 Å². The number of amides is 1. The van der Waals surface area contributed by atoms with Gasteiger partial charge in [0.05, 0.1) is 12.1 Å². The highest BCUT2D eigenvalue weighted by Crippen LogP contribution is 2.29. The van der Waals surface area contributed by atoms with Gasteiger partial charge in [-0.25, -0.2) is 0 Å². The predicted molar refractivity (Wildman–Crippen MR) is 99.3 cm³/mol. The summed E-state index contributed by atoms with van der Waals surface area (Å²) >= 11 is 6.16. The lowest BCUT2D eigenvalue weighted by Gasteiger charge is -2.37. The molecule has 2 aromatic rings. The second-order valence-corrected chi connectivity index (χ2v) is 7.25. The molecule has 3 heterocycles. The van der Waals surface area contributed by atoms with Gasteiger partial charge in [-0.2, -0.15) is 0 Å². The van der Waals surface area contributed by atoms with E-state index in [1.807, 2.05) is 4.90 Å². The van der Waals surface area contributed by atoms with Crippen LogP contribution in [0.4, 0.5) is 0 Å². The number of hydrogen-bond donors (Lipinski definition) is 0. The van der Waals surface area contributed by atoms with Crippen molar-refractivity contribution in [2.24, 2.45) is 0 Å². The summed E-state index contributed by atoms with van der Waals surface area (Å²) in [6.07, 6.45) is 2.37. The number of fused-ring (bicyclic) bond motifs is 1. The van der Waals surface area contributed by atoms with Gasteiger partial charge in [-0.15, -0.1) is 0 Å². The molecule has 0 aliphatic carbocycles. The number of halogens is 1. The van der Waals surface area contributed by atoms with Gasteiger partial charge in [0.25, 0.3) is 5.91 Å². The van der Waals surface area contributed by atoms with Crippen molar-refractivity contribution in [3.63, 3.8) is 0 Å². The molecular weight excluding hydrogens is 370 g/mol. The Bertz CT molecular complexity index is 825. The third-order valence-corrected chi connectivity index (χ3v) is 5.46. The highest BCUT2D eigenvalue weighted by molar-refractivity contribution is 6.32. The lowest BCUT2D eigenvalue weighted by Crippen LogP contribution is -2.52. The van der Waals surface area contributed by atoms with Gasteiger partial charge in [-0.1, -0.05) is 16.8 Å². The first kappa shape index (κ1) is 18.1. The van der Waals surface area contributed by atoms with Crippen molar-refractivity contribution in [2.75, 3.05) is 33.3 Å². The molecule has 1 amide bonds. The predicted octanol–water partition coefficient (Wildman–Crippen LogP) is 2.84. The fourth-order valence-corrected chi connectivity index (χ4v) is 3.92. The Morgan fingerprint density at radius 1 is 1.33 bits per heavy atom. The highest BCUT2D eigenvalue weighted by atomic mass is 35.5. The van der Waals surface area contributed by atoms with E-state index in [0.717, 1.165) is 32.6 Å². The molecule has 0 saturated carbocycles. The summed E-state index contributed by atoms with van der Waals surface area (Å²) in [6, 6.07) is 7.29. The number of ether oxygens (including phenoxy) is 2. The van der Waals surface area contributed by atoms with Crippen molar-refractivity contribution in [3.05, 3.63) is 40.7 Å². The topological polar surface area (TPSA) is 68.0 Å². The summed E-state index contributed by atoms with van der Waals surface area (Å²) < 4.78 is 16.0. The van der Waals surface area contributed by atoms with E-state index < -0.39 is 0 Å². The van der Waals surface area contributed by atoms with Crippen molar-refractivity contribution in [3.8, 4) is 11.5 Å². The maximum atomic E-state index is 12.7. The third kappa shape index (κ3) is 3.89. The smallest absolute Gasteiger partial charge is 0.276 e. The van der Waals surface area contributed by atoms with Gasteiger partial charge in [-0.05, 0) is 31.5 Å². The number of carbonyl (C=O) groups is 1. The zero-order valence-corrected chi connectivity index (χ0v) is 15.9. The highest BCUT2D eigenvalue weighted by Gasteiger charge is 2.33. The molecule has 144 valence electrons. The van der Waals surface area contributed by atoms with Crippen LogP contribution in [0.3, 0.4) is 0 Å². The van der Waals surface area contributed by atoms with E-state index in [2.05, 4.69) is 10.1 Å². The first-order chi connectivity index (χ1) is 13.1. The molecule has 27 heavy (non-hydrogen) atoms. The van der Waals surface area contributed by atoms with Crippen molar-refractivity contribution in [2.45, 2.75) is 25.5 Å². The average Bonchev–Trinajstić information content (AvgIpc) is 3.35. The van der Waals surface area contributed by atoms with Gasteiger partial charge >= 0.3 is 0 Å². The maximum absolute atomic E-state index is 12.7. The molecule has 1 aromatic heterocycles. The molecule has 2 aliphatic rings. The Morgan fingerprint density at radius 3 is 3.04 bits per heavy atom. The fourth-order valence-electron chi connectivity index (χ4n) is 3.69. The number of piperazine rings is 1. The van der Waals surface area contributed by atoms with E-state index in [1.165, 1.54) is 6.42 Å². The number of benzene rings is 1. The summed E-state index contributed by atoms with van der Waals surface area (Å²) in [7, 11) is 1.58. The summed E-state index contributed by atoms with van der Waals surface area (Å²) in [6.45, 7) is 3.71. The Morgan fingerprint density at radius 2 is 2.22 bits per heavy atom. The largest absolute Gasteiger partial charge is 0.497 e. The van der Waals surface area contributed by atoms with Crippen LogP contribution in [0, 0.1) is 0 Å². The normalized spacial score (nSPS) is 19.8. The molecular formula is C19H22ClN3O4. The van der Waals surface area contributed by atoms with Crippen LogP contribution in [0.5, 0.6) is 11.5 Å². The molecule has 0 radical (unpaired) electrons. The molecule has 1 atom stereocenters. The SMILES string of the molecule is COc1ccc(OCc2cc(C(=O)N3CCN4CCC[C@H]4C3)no2)c(Cl)c1. The molecule has 4 rings (SSSR count). The monoisotopic (exact) mass is 391 g/mol. The average molecular weight is 392 g/mol. The third-order valence-electron chi connectivity index (χ3n) is 5.16. The molecule has 7 nitrogen and oxygen atoms in total. The van der Waals surface area contributed by atoms with E-state index >= 15 is 0 Å². The summed E-state index contributed by atoms with van der Waals surface area (Å²) in [5.74, 6) is 1.56. The fraction of sp³-hybridized carbons (Fsp3) is 0.474. The lowest BCUT2D eigenvalue weighted by molar-refractivity contribution is 0.0561. The summed E-state index contributed by atoms with van der Waals surface area (Å²) in [5.41, 5.74) is 0.320. The van der Waals surface area contributed by atoms with Crippen molar-refractivity contribution in [1.29, 1.82) is 0 Å². The Kier molecular flexibility index (Phi) is 5.22. The molecule has 8 heteroatoms. The second-order valence-electron chi connectivity index (χ2n) is 6.85. The number of aromatic nitrogens is 1. The van der Waals surface area contributed by atoms with Crippen molar-refractivity contribution < 1.29 is 18.8 Å². The first-order valence-corrected chi connectivity index (χ1v) is 9.47. The number of rotatable bonds is 5. The van der Waals surface area contributed by atoms with Crippen LogP contribution in [0.15, 0.2) is 28.8 Å². The molecule has 1 aromatic carbocycles. The van der Waals surface area contributed by atoms with Gasteiger partial charge in [0.2, 0.25) is 0 Å². The minimum Gasteiger partial charge on any atom is -0.497 e. The molecule has 0 unspecified atom stereocenters. The van der Waals surface area contributed by atoms with Crippen LogP contribution in [-0.2, 0) is 6.61 Å².